The van der Waals surface area contributed by atoms with Crippen LogP contribution < -0.4 is 10.1 Å². The minimum Gasteiger partial charge on any atom is -0.497 e. The van der Waals surface area contributed by atoms with E-state index < -0.39 is 0 Å². The predicted molar refractivity (Wildman–Crippen MR) is 117 cm³/mol. The average molecular weight is 393 g/mol. The van der Waals surface area contributed by atoms with Gasteiger partial charge in [-0.2, -0.15) is 0 Å². The van der Waals surface area contributed by atoms with Gasteiger partial charge >= 0.3 is 0 Å². The van der Waals surface area contributed by atoms with Crippen LogP contribution in [0.2, 0.25) is 0 Å². The molecule has 3 aromatic rings. The van der Waals surface area contributed by atoms with Crippen LogP contribution in [0.5, 0.6) is 5.75 Å². The van der Waals surface area contributed by atoms with Gasteiger partial charge in [-0.15, -0.1) is 11.3 Å². The summed E-state index contributed by atoms with van der Waals surface area (Å²) in [5, 5.41) is 5.37. The number of ether oxygens (including phenoxy) is 1. The van der Waals surface area contributed by atoms with E-state index in [0.29, 0.717) is 11.0 Å². The number of hydrogen-bond acceptors (Lipinski definition) is 4. The summed E-state index contributed by atoms with van der Waals surface area (Å²) in [5.74, 6) is 1.13. The number of amides is 1. The Morgan fingerprint density at radius 1 is 1.18 bits per heavy atom. The molecule has 0 saturated heterocycles. The molecule has 0 radical (unpaired) electrons. The van der Waals surface area contributed by atoms with Crippen LogP contribution in [0.25, 0.3) is 17.3 Å². The Balaban J connectivity index is 1.61. The molecule has 3 rings (SSSR count). The summed E-state index contributed by atoms with van der Waals surface area (Å²) in [6.45, 7) is 4.42. The summed E-state index contributed by atoms with van der Waals surface area (Å²) < 4.78 is 5.13. The summed E-state index contributed by atoms with van der Waals surface area (Å²) >= 11 is 1.42. The maximum Gasteiger partial charge on any atom is 0.250 e. The van der Waals surface area contributed by atoms with Crippen LogP contribution in [0, 0.1) is 0 Å². The second kappa shape index (κ2) is 9.33. The van der Waals surface area contributed by atoms with Crippen LogP contribution in [-0.2, 0) is 4.79 Å². The fraction of sp³-hybridized carbons (Fsp3) is 0.217. The summed E-state index contributed by atoms with van der Waals surface area (Å²) in [4.78, 5) is 16.7. The summed E-state index contributed by atoms with van der Waals surface area (Å²) in [7, 11) is 1.63. The number of carbonyl (C=O) groups is 1. The monoisotopic (exact) mass is 392 g/mol. The molecule has 1 amide bonds. The number of nitrogens with zero attached hydrogens (tertiary/aromatic N) is 1. The van der Waals surface area contributed by atoms with Crippen molar-refractivity contribution >= 4 is 28.5 Å². The molecule has 0 spiro atoms. The third kappa shape index (κ3) is 5.08. The number of hydrogen-bond donors (Lipinski definition) is 1. The highest BCUT2D eigenvalue weighted by atomic mass is 32.1. The van der Waals surface area contributed by atoms with Crippen molar-refractivity contribution in [2.45, 2.75) is 26.2 Å². The zero-order valence-electron chi connectivity index (χ0n) is 16.3. The van der Waals surface area contributed by atoms with Crippen molar-refractivity contribution in [1.29, 1.82) is 0 Å². The minimum atomic E-state index is -0.205. The maximum atomic E-state index is 12.2. The van der Waals surface area contributed by atoms with Crippen LogP contribution in [-0.4, -0.2) is 18.0 Å². The minimum absolute atomic E-state index is 0.205. The van der Waals surface area contributed by atoms with E-state index in [0.717, 1.165) is 29.0 Å². The molecule has 144 valence electrons. The molecule has 1 heterocycles. The van der Waals surface area contributed by atoms with Gasteiger partial charge < -0.3 is 4.74 Å². The molecule has 28 heavy (non-hydrogen) atoms. The van der Waals surface area contributed by atoms with Crippen LogP contribution in [0.1, 0.15) is 37.3 Å². The second-order valence-corrected chi connectivity index (χ2v) is 7.42. The number of benzene rings is 2. The van der Waals surface area contributed by atoms with E-state index in [4.69, 9.17) is 4.74 Å². The quantitative estimate of drug-likeness (QED) is 0.503. The van der Waals surface area contributed by atoms with Gasteiger partial charge in [-0.1, -0.05) is 50.2 Å². The molecular weight excluding hydrogens is 368 g/mol. The molecule has 1 unspecified atom stereocenters. The maximum absolute atomic E-state index is 12.2. The van der Waals surface area contributed by atoms with Gasteiger partial charge in [0.25, 0.3) is 0 Å². The average Bonchev–Trinajstić information content (AvgIpc) is 3.20. The zero-order chi connectivity index (χ0) is 19.9. The van der Waals surface area contributed by atoms with Crippen molar-refractivity contribution in [3.8, 4) is 17.0 Å². The van der Waals surface area contributed by atoms with Gasteiger partial charge in [0.15, 0.2) is 5.13 Å². The highest BCUT2D eigenvalue weighted by Gasteiger charge is 2.08. The Kier molecular flexibility index (Phi) is 6.61. The Morgan fingerprint density at radius 2 is 1.89 bits per heavy atom. The van der Waals surface area contributed by atoms with E-state index in [2.05, 4.69) is 48.4 Å². The first kappa shape index (κ1) is 19.8. The van der Waals surface area contributed by atoms with Gasteiger partial charge in [0.1, 0.15) is 5.75 Å². The Hall–Kier alpha value is -2.92. The highest BCUT2D eigenvalue weighted by Crippen LogP contribution is 2.27. The van der Waals surface area contributed by atoms with Gasteiger partial charge in [0.2, 0.25) is 5.91 Å². The number of thiazole rings is 1. The molecule has 0 aliphatic rings. The van der Waals surface area contributed by atoms with E-state index in [1.807, 2.05) is 29.6 Å². The zero-order valence-corrected chi connectivity index (χ0v) is 17.1. The fourth-order valence-electron chi connectivity index (χ4n) is 2.72. The van der Waals surface area contributed by atoms with Gasteiger partial charge in [-0.05, 0) is 41.7 Å². The summed E-state index contributed by atoms with van der Waals surface area (Å²) in [6.07, 6.45) is 4.39. The number of nitrogens with one attached hydrogen (secondary N) is 1. The first-order chi connectivity index (χ1) is 13.6. The van der Waals surface area contributed by atoms with Crippen molar-refractivity contribution in [3.05, 3.63) is 71.1 Å². The molecule has 0 bridgehead atoms. The standard InChI is InChI=1S/C23H24N2O2S/c1-4-16(2)18-8-10-19(11-9-18)21-15-28-23(24-21)25-22(26)14-7-17-5-12-20(27-3)13-6-17/h5-16H,4H2,1-3H3,(H,24,25,26)/b14-7+. The van der Waals surface area contributed by atoms with Crippen molar-refractivity contribution in [2.75, 3.05) is 12.4 Å². The van der Waals surface area contributed by atoms with Gasteiger partial charge in [-0.25, -0.2) is 4.98 Å². The number of aromatic nitrogens is 1. The van der Waals surface area contributed by atoms with Crippen molar-refractivity contribution < 1.29 is 9.53 Å². The molecule has 2 aromatic carbocycles. The molecule has 0 saturated carbocycles. The predicted octanol–water partition coefficient (Wildman–Crippen LogP) is 5.98. The SMILES string of the molecule is CCC(C)c1ccc(-c2csc(NC(=O)/C=C/c3ccc(OC)cc3)n2)cc1. The van der Waals surface area contributed by atoms with E-state index in [1.54, 1.807) is 13.2 Å². The Morgan fingerprint density at radius 3 is 2.54 bits per heavy atom. The van der Waals surface area contributed by atoms with Crippen LogP contribution in [0.4, 0.5) is 5.13 Å². The van der Waals surface area contributed by atoms with Crippen molar-refractivity contribution in [1.82, 2.24) is 4.98 Å². The molecule has 1 N–H and O–H groups in total. The lowest BCUT2D eigenvalue weighted by Gasteiger charge is -2.08. The highest BCUT2D eigenvalue weighted by molar-refractivity contribution is 7.14. The lowest BCUT2D eigenvalue weighted by atomic mass is 9.97. The van der Waals surface area contributed by atoms with Gasteiger partial charge in [-0.3, -0.25) is 10.1 Å². The van der Waals surface area contributed by atoms with Gasteiger partial charge in [0.05, 0.1) is 12.8 Å². The van der Waals surface area contributed by atoms with E-state index in [9.17, 15) is 4.79 Å². The molecular formula is C23H24N2O2S. The van der Waals surface area contributed by atoms with Crippen LogP contribution >= 0.6 is 11.3 Å². The molecule has 0 aliphatic carbocycles. The van der Waals surface area contributed by atoms with Crippen molar-refractivity contribution in [3.63, 3.8) is 0 Å². The third-order valence-corrected chi connectivity index (χ3v) is 5.42. The van der Waals surface area contributed by atoms with Gasteiger partial charge in [0, 0.05) is 17.0 Å². The molecule has 1 aromatic heterocycles. The van der Waals surface area contributed by atoms with Crippen LogP contribution in [0.3, 0.4) is 0 Å². The Bertz CT molecular complexity index is 943. The molecule has 4 nitrogen and oxygen atoms in total. The molecule has 0 fully saturated rings. The fourth-order valence-corrected chi connectivity index (χ4v) is 3.44. The smallest absolute Gasteiger partial charge is 0.250 e. The largest absolute Gasteiger partial charge is 0.497 e. The lowest BCUT2D eigenvalue weighted by Crippen LogP contribution is -2.07. The number of carbonyl (C=O) groups excluding carboxylic acids is 1. The number of methoxy groups -OCH3 is 1. The van der Waals surface area contributed by atoms with E-state index in [1.165, 1.54) is 23.0 Å². The lowest BCUT2D eigenvalue weighted by molar-refractivity contribution is -0.111. The Labute approximate surface area is 169 Å². The first-order valence-corrected chi connectivity index (χ1v) is 10.2. The van der Waals surface area contributed by atoms with E-state index >= 15 is 0 Å². The topological polar surface area (TPSA) is 51.2 Å². The van der Waals surface area contributed by atoms with E-state index in [-0.39, 0.29) is 5.91 Å². The normalized spacial score (nSPS) is 12.1. The molecule has 5 heteroatoms. The first-order valence-electron chi connectivity index (χ1n) is 9.28. The second-order valence-electron chi connectivity index (χ2n) is 6.56. The van der Waals surface area contributed by atoms with Crippen LogP contribution in [0.15, 0.2) is 60.0 Å². The number of rotatable bonds is 7. The van der Waals surface area contributed by atoms with Crippen molar-refractivity contribution in [2.24, 2.45) is 0 Å². The molecule has 0 aliphatic heterocycles. The molecule has 1 atom stereocenters. The number of anilines is 1. The third-order valence-electron chi connectivity index (χ3n) is 4.67. The summed E-state index contributed by atoms with van der Waals surface area (Å²) in [6, 6.07) is 16.0. The summed E-state index contributed by atoms with van der Waals surface area (Å²) in [5.41, 5.74) is 4.18.